The highest BCUT2D eigenvalue weighted by Gasteiger charge is 2.29. The van der Waals surface area contributed by atoms with Crippen LogP contribution in [0.5, 0.6) is 0 Å². The second kappa shape index (κ2) is 8.98. The summed E-state index contributed by atoms with van der Waals surface area (Å²) in [7, 11) is -1.43. The number of fused-ring (bicyclic) bond motifs is 1. The van der Waals surface area contributed by atoms with Crippen molar-refractivity contribution in [2.75, 3.05) is 24.9 Å². The van der Waals surface area contributed by atoms with E-state index in [0.717, 1.165) is 36.2 Å². The highest BCUT2D eigenvalue weighted by atomic mass is 32.2. The largest absolute Gasteiger partial charge is 0.306 e. The van der Waals surface area contributed by atoms with Crippen molar-refractivity contribution >= 4 is 21.6 Å². The van der Waals surface area contributed by atoms with Gasteiger partial charge in [-0.15, -0.1) is 0 Å². The highest BCUT2D eigenvalue weighted by molar-refractivity contribution is 7.93. The Kier molecular flexibility index (Phi) is 6.31. The van der Waals surface area contributed by atoms with Crippen molar-refractivity contribution in [2.45, 2.75) is 37.4 Å². The third kappa shape index (κ3) is 4.92. The summed E-state index contributed by atoms with van der Waals surface area (Å²) in [4.78, 5) is 14.0. The van der Waals surface area contributed by atoms with Crippen molar-refractivity contribution in [3.63, 3.8) is 0 Å². The molecule has 1 aliphatic heterocycles. The summed E-state index contributed by atoms with van der Waals surface area (Å²) in [5, 5.41) is 8.57. The van der Waals surface area contributed by atoms with E-state index in [1.807, 2.05) is 31.3 Å². The summed E-state index contributed by atoms with van der Waals surface area (Å²) in [5.74, 6) is -0.582. The van der Waals surface area contributed by atoms with Gasteiger partial charge in [0, 0.05) is 11.6 Å². The number of hydrogen-bond donors (Lipinski definition) is 3. The fourth-order valence-corrected chi connectivity index (χ4v) is 6.01. The number of hydroxylamine groups is 1. The van der Waals surface area contributed by atoms with Crippen molar-refractivity contribution in [3.8, 4) is 11.1 Å². The van der Waals surface area contributed by atoms with Gasteiger partial charge < -0.3 is 4.90 Å². The molecule has 0 aromatic heterocycles. The van der Waals surface area contributed by atoms with Gasteiger partial charge in [0.1, 0.15) is 0 Å². The van der Waals surface area contributed by atoms with Crippen molar-refractivity contribution < 1.29 is 18.4 Å². The first-order valence-corrected chi connectivity index (χ1v) is 12.3. The standard InChI is InChI=1S/C23H29N3O4S/c1-26-11-9-22(10-12-26)31(29,30)25-21-4-2-3-17(15-21)18-7-5-16-6-8-19(23(27)24-28)14-20(16)13-18/h2-5,7,13,15,19,22,25,28H,6,8-12,14H2,1H3,(H,24,27). The van der Waals surface area contributed by atoms with Crippen LogP contribution in [0.15, 0.2) is 42.5 Å². The molecule has 0 spiro atoms. The van der Waals surface area contributed by atoms with E-state index in [9.17, 15) is 13.2 Å². The molecule has 1 atom stereocenters. The Bertz CT molecular complexity index is 1060. The van der Waals surface area contributed by atoms with E-state index in [4.69, 9.17) is 5.21 Å². The highest BCUT2D eigenvalue weighted by Crippen LogP contribution is 2.31. The molecule has 1 aliphatic carbocycles. The topological polar surface area (TPSA) is 98.7 Å². The number of rotatable bonds is 5. The average Bonchev–Trinajstić information content (AvgIpc) is 2.78. The van der Waals surface area contributed by atoms with Crippen LogP contribution in [0, 0.1) is 5.92 Å². The molecule has 1 fully saturated rings. The molecule has 2 aliphatic rings. The van der Waals surface area contributed by atoms with E-state index < -0.39 is 10.0 Å². The van der Waals surface area contributed by atoms with Gasteiger partial charge in [-0.3, -0.25) is 14.7 Å². The van der Waals surface area contributed by atoms with Crippen LogP contribution in [-0.4, -0.2) is 49.8 Å². The number of nitrogens with one attached hydrogen (secondary N) is 2. The Morgan fingerprint density at radius 3 is 2.52 bits per heavy atom. The van der Waals surface area contributed by atoms with Gasteiger partial charge in [-0.1, -0.05) is 30.3 Å². The summed E-state index contributed by atoms with van der Waals surface area (Å²) in [6, 6.07) is 13.6. The predicted molar refractivity (Wildman–Crippen MR) is 120 cm³/mol. The third-order valence-corrected chi connectivity index (χ3v) is 8.35. The van der Waals surface area contributed by atoms with Gasteiger partial charge in [-0.05, 0) is 86.6 Å². The Morgan fingerprint density at radius 2 is 1.77 bits per heavy atom. The fourth-order valence-electron chi connectivity index (χ4n) is 4.56. The summed E-state index contributed by atoms with van der Waals surface area (Å²) < 4.78 is 28.5. The lowest BCUT2D eigenvalue weighted by atomic mass is 9.82. The van der Waals surface area contributed by atoms with Crippen LogP contribution >= 0.6 is 0 Å². The Balaban J connectivity index is 1.53. The van der Waals surface area contributed by atoms with Crippen LogP contribution in [0.4, 0.5) is 5.69 Å². The normalized spacial score (nSPS) is 20.1. The zero-order chi connectivity index (χ0) is 22.0. The number of aryl methyl sites for hydroxylation is 1. The molecular weight excluding hydrogens is 414 g/mol. The SMILES string of the molecule is CN1CCC(S(=O)(=O)Nc2cccc(-c3ccc4c(c3)CC(C(=O)NO)CC4)c2)CC1. The number of sulfonamides is 1. The number of benzene rings is 2. The molecule has 3 N–H and O–H groups in total. The number of piperidine rings is 1. The Labute approximate surface area is 183 Å². The van der Waals surface area contributed by atoms with Gasteiger partial charge in [0.05, 0.1) is 5.25 Å². The molecule has 1 unspecified atom stereocenters. The monoisotopic (exact) mass is 443 g/mol. The molecule has 1 amide bonds. The van der Waals surface area contributed by atoms with Gasteiger partial charge in [0.25, 0.3) is 0 Å². The Morgan fingerprint density at radius 1 is 1.03 bits per heavy atom. The lowest BCUT2D eigenvalue weighted by Crippen LogP contribution is -2.39. The summed E-state index contributed by atoms with van der Waals surface area (Å²) in [5.41, 5.74) is 6.52. The van der Waals surface area contributed by atoms with E-state index in [2.05, 4.69) is 21.8 Å². The van der Waals surface area contributed by atoms with Crippen LogP contribution in [-0.2, 0) is 27.7 Å². The zero-order valence-electron chi connectivity index (χ0n) is 17.7. The zero-order valence-corrected chi connectivity index (χ0v) is 18.5. The Hall–Kier alpha value is -2.42. The second-order valence-electron chi connectivity index (χ2n) is 8.63. The van der Waals surface area contributed by atoms with Crippen LogP contribution in [0.25, 0.3) is 11.1 Å². The summed E-state index contributed by atoms with van der Waals surface area (Å²) >= 11 is 0. The molecule has 8 heteroatoms. The van der Waals surface area contributed by atoms with Crippen molar-refractivity contribution in [2.24, 2.45) is 5.92 Å². The third-order valence-electron chi connectivity index (χ3n) is 6.48. The van der Waals surface area contributed by atoms with E-state index >= 15 is 0 Å². The van der Waals surface area contributed by atoms with Gasteiger partial charge in [-0.2, -0.15) is 0 Å². The number of likely N-dealkylation sites (tertiary alicyclic amines) is 1. The number of hydrogen-bond acceptors (Lipinski definition) is 5. The number of carbonyl (C=O) groups is 1. The smallest absolute Gasteiger partial charge is 0.246 e. The molecule has 166 valence electrons. The van der Waals surface area contributed by atoms with E-state index in [1.165, 1.54) is 5.56 Å². The molecule has 0 bridgehead atoms. The maximum absolute atomic E-state index is 12.8. The van der Waals surface area contributed by atoms with Gasteiger partial charge in [0.15, 0.2) is 0 Å². The molecule has 0 saturated carbocycles. The first-order chi connectivity index (χ1) is 14.9. The maximum Gasteiger partial charge on any atom is 0.246 e. The molecule has 1 saturated heterocycles. The molecule has 4 rings (SSSR count). The molecule has 7 nitrogen and oxygen atoms in total. The minimum atomic E-state index is -3.44. The van der Waals surface area contributed by atoms with E-state index in [0.29, 0.717) is 31.4 Å². The fraction of sp³-hybridized carbons (Fsp3) is 0.435. The molecule has 1 heterocycles. The molecular formula is C23H29N3O4S. The summed E-state index contributed by atoms with van der Waals surface area (Å²) in [6.07, 6.45) is 3.37. The van der Waals surface area contributed by atoms with Crippen LogP contribution in [0.3, 0.4) is 0 Å². The quantitative estimate of drug-likeness (QED) is 0.488. The van der Waals surface area contributed by atoms with Crippen LogP contribution in [0.1, 0.15) is 30.4 Å². The van der Waals surface area contributed by atoms with Gasteiger partial charge in [0.2, 0.25) is 15.9 Å². The van der Waals surface area contributed by atoms with E-state index in [-0.39, 0.29) is 17.1 Å². The maximum atomic E-state index is 12.8. The van der Waals surface area contributed by atoms with Gasteiger partial charge in [-0.25, -0.2) is 13.9 Å². The first-order valence-electron chi connectivity index (χ1n) is 10.7. The van der Waals surface area contributed by atoms with E-state index in [1.54, 1.807) is 11.5 Å². The predicted octanol–water partition coefficient (Wildman–Crippen LogP) is 2.80. The van der Waals surface area contributed by atoms with Crippen molar-refractivity contribution in [3.05, 3.63) is 53.6 Å². The number of carbonyl (C=O) groups excluding carboxylic acids is 1. The lowest BCUT2D eigenvalue weighted by molar-refractivity contribution is -0.133. The molecule has 0 radical (unpaired) electrons. The number of anilines is 1. The number of amides is 1. The average molecular weight is 444 g/mol. The molecule has 2 aromatic rings. The minimum absolute atomic E-state index is 0.236. The van der Waals surface area contributed by atoms with Crippen molar-refractivity contribution in [1.29, 1.82) is 0 Å². The second-order valence-corrected chi connectivity index (χ2v) is 10.6. The molecule has 2 aromatic carbocycles. The van der Waals surface area contributed by atoms with Crippen molar-refractivity contribution in [1.82, 2.24) is 10.4 Å². The minimum Gasteiger partial charge on any atom is -0.306 e. The van der Waals surface area contributed by atoms with Gasteiger partial charge >= 0.3 is 0 Å². The first kappa shape index (κ1) is 21.8. The lowest BCUT2D eigenvalue weighted by Gasteiger charge is -2.28. The number of nitrogens with zero attached hydrogens (tertiary/aromatic N) is 1. The summed E-state index contributed by atoms with van der Waals surface area (Å²) in [6.45, 7) is 1.58. The molecule has 31 heavy (non-hydrogen) atoms. The van der Waals surface area contributed by atoms with Crippen LogP contribution < -0.4 is 10.2 Å². The van der Waals surface area contributed by atoms with Crippen LogP contribution in [0.2, 0.25) is 0 Å².